The molecule has 1 aromatic heterocycles. The summed E-state index contributed by atoms with van der Waals surface area (Å²) >= 11 is 0. The number of fused-ring (bicyclic) bond motifs is 1. The lowest BCUT2D eigenvalue weighted by molar-refractivity contribution is -0.139. The van der Waals surface area contributed by atoms with E-state index in [1.165, 1.54) is 7.11 Å². The largest absolute Gasteiger partial charge is 0.496 e. The van der Waals surface area contributed by atoms with Gasteiger partial charge >= 0.3 is 5.97 Å². The monoisotopic (exact) mass is 245 g/mol. The van der Waals surface area contributed by atoms with Crippen LogP contribution >= 0.6 is 0 Å². The SMILES string of the molecule is COC(=O)Cc1cc(C)c2c(OC)cccc2n1. The molecule has 0 saturated heterocycles. The zero-order chi connectivity index (χ0) is 13.1. The summed E-state index contributed by atoms with van der Waals surface area (Å²) in [5, 5.41) is 0.980. The summed E-state index contributed by atoms with van der Waals surface area (Å²) in [5.74, 6) is 0.506. The van der Waals surface area contributed by atoms with Gasteiger partial charge in [0.15, 0.2) is 0 Å². The average molecular weight is 245 g/mol. The van der Waals surface area contributed by atoms with Crippen LogP contribution < -0.4 is 4.74 Å². The predicted octanol–water partition coefficient (Wildman–Crippen LogP) is 2.27. The number of aryl methyl sites for hydroxylation is 1. The first-order valence-electron chi connectivity index (χ1n) is 5.65. The van der Waals surface area contributed by atoms with Crippen LogP contribution in [0.25, 0.3) is 10.9 Å². The second kappa shape index (κ2) is 5.04. The highest BCUT2D eigenvalue weighted by molar-refractivity contribution is 5.88. The molecule has 0 aliphatic carbocycles. The standard InChI is InChI=1S/C14H15NO3/c1-9-7-10(8-13(16)18-3)15-11-5-4-6-12(17-2)14(9)11/h4-7H,8H2,1-3H3. The van der Waals surface area contributed by atoms with Crippen molar-refractivity contribution < 1.29 is 14.3 Å². The third-order valence-corrected chi connectivity index (χ3v) is 2.82. The van der Waals surface area contributed by atoms with Crippen molar-refractivity contribution in [3.63, 3.8) is 0 Å². The lowest BCUT2D eigenvalue weighted by atomic mass is 10.1. The van der Waals surface area contributed by atoms with Crippen molar-refractivity contribution in [1.82, 2.24) is 4.98 Å². The van der Waals surface area contributed by atoms with E-state index in [-0.39, 0.29) is 12.4 Å². The summed E-state index contributed by atoms with van der Waals surface area (Å²) in [6.07, 6.45) is 0.185. The van der Waals surface area contributed by atoms with E-state index in [1.807, 2.05) is 31.2 Å². The Bertz CT molecular complexity index is 593. The van der Waals surface area contributed by atoms with Crippen molar-refractivity contribution >= 4 is 16.9 Å². The number of aromatic nitrogens is 1. The molecule has 0 aliphatic rings. The van der Waals surface area contributed by atoms with Crippen molar-refractivity contribution in [3.8, 4) is 5.75 Å². The number of methoxy groups -OCH3 is 2. The molecule has 94 valence electrons. The molecule has 4 nitrogen and oxygen atoms in total. The summed E-state index contributed by atoms with van der Waals surface area (Å²) in [6, 6.07) is 7.58. The van der Waals surface area contributed by atoms with Gasteiger partial charge in [-0.25, -0.2) is 0 Å². The van der Waals surface area contributed by atoms with Gasteiger partial charge in [0.2, 0.25) is 0 Å². The quantitative estimate of drug-likeness (QED) is 0.778. The van der Waals surface area contributed by atoms with Crippen LogP contribution in [0.1, 0.15) is 11.3 Å². The molecule has 2 rings (SSSR count). The van der Waals surface area contributed by atoms with E-state index in [2.05, 4.69) is 9.72 Å². The first-order chi connectivity index (χ1) is 8.65. The van der Waals surface area contributed by atoms with Crippen molar-refractivity contribution in [2.24, 2.45) is 0 Å². The van der Waals surface area contributed by atoms with Gasteiger partial charge in [-0.15, -0.1) is 0 Å². The first-order valence-corrected chi connectivity index (χ1v) is 5.65. The van der Waals surface area contributed by atoms with Gasteiger partial charge in [-0.3, -0.25) is 9.78 Å². The molecule has 0 N–H and O–H groups in total. The molecule has 0 bridgehead atoms. The third-order valence-electron chi connectivity index (χ3n) is 2.82. The molecule has 0 radical (unpaired) electrons. The normalized spacial score (nSPS) is 10.4. The molecule has 0 saturated carbocycles. The van der Waals surface area contributed by atoms with Crippen LogP contribution in [0.5, 0.6) is 5.75 Å². The highest BCUT2D eigenvalue weighted by Crippen LogP contribution is 2.27. The number of hydrogen-bond donors (Lipinski definition) is 0. The molecular weight excluding hydrogens is 230 g/mol. The Hall–Kier alpha value is -2.10. The Morgan fingerprint density at radius 3 is 2.78 bits per heavy atom. The minimum absolute atomic E-state index is 0.185. The van der Waals surface area contributed by atoms with Gasteiger partial charge in [-0.1, -0.05) is 6.07 Å². The Labute approximate surface area is 106 Å². The Balaban J connectivity index is 2.53. The van der Waals surface area contributed by atoms with E-state index >= 15 is 0 Å². The smallest absolute Gasteiger partial charge is 0.311 e. The van der Waals surface area contributed by atoms with Crippen LogP contribution in [0.3, 0.4) is 0 Å². The molecule has 1 aromatic carbocycles. The molecule has 0 atom stereocenters. The maximum atomic E-state index is 11.3. The van der Waals surface area contributed by atoms with Gasteiger partial charge in [-0.05, 0) is 30.7 Å². The van der Waals surface area contributed by atoms with Crippen molar-refractivity contribution in [1.29, 1.82) is 0 Å². The van der Waals surface area contributed by atoms with Crippen molar-refractivity contribution in [2.45, 2.75) is 13.3 Å². The van der Waals surface area contributed by atoms with Crippen LogP contribution in [0, 0.1) is 6.92 Å². The summed E-state index contributed by atoms with van der Waals surface area (Å²) in [6.45, 7) is 1.98. The van der Waals surface area contributed by atoms with Gasteiger partial charge in [0.25, 0.3) is 0 Å². The molecule has 0 fully saturated rings. The van der Waals surface area contributed by atoms with Gasteiger partial charge in [-0.2, -0.15) is 0 Å². The second-order valence-corrected chi connectivity index (χ2v) is 4.04. The lowest BCUT2D eigenvalue weighted by Crippen LogP contribution is -2.06. The number of rotatable bonds is 3. The molecule has 4 heteroatoms. The Morgan fingerprint density at radius 1 is 1.33 bits per heavy atom. The van der Waals surface area contributed by atoms with E-state index < -0.39 is 0 Å². The highest BCUT2D eigenvalue weighted by atomic mass is 16.5. The number of nitrogens with zero attached hydrogens (tertiary/aromatic N) is 1. The van der Waals surface area contributed by atoms with Crippen molar-refractivity contribution in [3.05, 3.63) is 35.5 Å². The van der Waals surface area contributed by atoms with Crippen LogP contribution in [0.4, 0.5) is 0 Å². The van der Waals surface area contributed by atoms with Crippen LogP contribution in [-0.2, 0) is 16.0 Å². The number of benzene rings is 1. The Kier molecular flexibility index (Phi) is 3.46. The van der Waals surface area contributed by atoms with E-state index in [0.29, 0.717) is 5.69 Å². The summed E-state index contributed by atoms with van der Waals surface area (Å²) in [5.41, 5.74) is 2.57. The van der Waals surface area contributed by atoms with Gasteiger partial charge < -0.3 is 9.47 Å². The molecule has 0 aliphatic heterocycles. The van der Waals surface area contributed by atoms with E-state index in [4.69, 9.17) is 4.74 Å². The second-order valence-electron chi connectivity index (χ2n) is 4.04. The molecule has 2 aromatic rings. The number of carbonyl (C=O) groups excluding carboxylic acids is 1. The van der Waals surface area contributed by atoms with Crippen molar-refractivity contribution in [2.75, 3.05) is 14.2 Å². The number of esters is 1. The number of carbonyl (C=O) groups is 1. The third kappa shape index (κ3) is 2.27. The minimum Gasteiger partial charge on any atom is -0.496 e. The van der Waals surface area contributed by atoms with E-state index in [1.54, 1.807) is 7.11 Å². The topological polar surface area (TPSA) is 48.4 Å². The molecular formula is C14H15NO3. The van der Waals surface area contributed by atoms with Gasteiger partial charge in [0, 0.05) is 5.39 Å². The fraction of sp³-hybridized carbons (Fsp3) is 0.286. The highest BCUT2D eigenvalue weighted by Gasteiger charge is 2.10. The summed E-state index contributed by atoms with van der Waals surface area (Å²) in [7, 11) is 3.01. The minimum atomic E-state index is -0.288. The number of pyridine rings is 1. The fourth-order valence-corrected chi connectivity index (χ4v) is 2.00. The lowest BCUT2D eigenvalue weighted by Gasteiger charge is -2.09. The maximum Gasteiger partial charge on any atom is 0.311 e. The zero-order valence-corrected chi connectivity index (χ0v) is 10.7. The summed E-state index contributed by atoms with van der Waals surface area (Å²) < 4.78 is 9.97. The first kappa shape index (κ1) is 12.4. The maximum absolute atomic E-state index is 11.3. The Morgan fingerprint density at radius 2 is 2.11 bits per heavy atom. The molecule has 0 amide bonds. The number of ether oxygens (including phenoxy) is 2. The zero-order valence-electron chi connectivity index (χ0n) is 10.7. The fourth-order valence-electron chi connectivity index (χ4n) is 2.00. The molecule has 0 spiro atoms. The number of hydrogen-bond acceptors (Lipinski definition) is 4. The van der Waals surface area contributed by atoms with Gasteiger partial charge in [0.05, 0.1) is 31.9 Å². The predicted molar refractivity (Wildman–Crippen MR) is 68.8 cm³/mol. The summed E-state index contributed by atoms with van der Waals surface area (Å²) in [4.78, 5) is 15.7. The molecule has 1 heterocycles. The molecule has 0 unspecified atom stereocenters. The van der Waals surface area contributed by atoms with E-state index in [9.17, 15) is 4.79 Å². The van der Waals surface area contributed by atoms with Gasteiger partial charge in [0.1, 0.15) is 5.75 Å². The van der Waals surface area contributed by atoms with E-state index in [0.717, 1.165) is 22.2 Å². The van der Waals surface area contributed by atoms with Crippen LogP contribution in [0.15, 0.2) is 24.3 Å². The average Bonchev–Trinajstić information content (AvgIpc) is 2.37. The molecule has 18 heavy (non-hydrogen) atoms. The van der Waals surface area contributed by atoms with Crippen LogP contribution in [-0.4, -0.2) is 25.2 Å². The van der Waals surface area contributed by atoms with Crippen LogP contribution in [0.2, 0.25) is 0 Å².